The molecule has 140 valence electrons. The van der Waals surface area contributed by atoms with Crippen LogP contribution in [0, 0.1) is 0 Å². The van der Waals surface area contributed by atoms with Crippen molar-refractivity contribution in [3.63, 3.8) is 0 Å². The van der Waals surface area contributed by atoms with Crippen LogP contribution in [0.3, 0.4) is 0 Å². The van der Waals surface area contributed by atoms with Crippen molar-refractivity contribution in [2.45, 2.75) is 16.8 Å². The van der Waals surface area contributed by atoms with Crippen molar-refractivity contribution in [3.05, 3.63) is 24.3 Å². The summed E-state index contributed by atoms with van der Waals surface area (Å²) < 4.78 is 28.6. The molecule has 1 atom stereocenters. The molecular formula is C15H18N4O4S3. The number of hydrogen-bond donors (Lipinski definition) is 2. The third-order valence-corrected chi connectivity index (χ3v) is 7.41. The molecule has 1 aliphatic heterocycles. The zero-order valence-electron chi connectivity index (χ0n) is 14.0. The lowest BCUT2D eigenvalue weighted by atomic mass is 10.3. The Bertz CT molecular complexity index is 867. The molecule has 1 aromatic carbocycles. The van der Waals surface area contributed by atoms with E-state index in [1.54, 1.807) is 7.11 Å². The van der Waals surface area contributed by atoms with Gasteiger partial charge in [-0.3, -0.25) is 4.79 Å². The first-order valence-electron chi connectivity index (χ1n) is 7.81. The summed E-state index contributed by atoms with van der Waals surface area (Å²) in [5, 5.41) is 14.6. The van der Waals surface area contributed by atoms with E-state index in [-0.39, 0.29) is 29.2 Å². The molecule has 0 bridgehead atoms. The van der Waals surface area contributed by atoms with Crippen LogP contribution in [0.5, 0.6) is 5.75 Å². The van der Waals surface area contributed by atoms with Gasteiger partial charge in [0.25, 0.3) is 0 Å². The van der Waals surface area contributed by atoms with Crippen molar-refractivity contribution in [3.8, 4) is 5.75 Å². The SMILES string of the molecule is COc1ccc(Nc2nnc(SCC(=O)N[C@H]3CCS(=O)(=O)C3)s2)cc1. The molecule has 11 heteroatoms. The largest absolute Gasteiger partial charge is 0.497 e. The topological polar surface area (TPSA) is 110 Å². The zero-order chi connectivity index (χ0) is 18.6. The van der Waals surface area contributed by atoms with Crippen LogP contribution in [0.15, 0.2) is 28.6 Å². The van der Waals surface area contributed by atoms with Crippen LogP contribution in [-0.2, 0) is 14.6 Å². The number of ether oxygens (including phenoxy) is 1. The van der Waals surface area contributed by atoms with Crippen molar-refractivity contribution < 1.29 is 17.9 Å². The first-order valence-corrected chi connectivity index (χ1v) is 11.4. The van der Waals surface area contributed by atoms with Gasteiger partial charge >= 0.3 is 0 Å². The van der Waals surface area contributed by atoms with Crippen molar-refractivity contribution in [1.29, 1.82) is 0 Å². The Morgan fingerprint density at radius 1 is 1.35 bits per heavy atom. The fourth-order valence-corrected chi connectivity index (χ4v) is 5.68. The van der Waals surface area contributed by atoms with E-state index in [0.29, 0.717) is 15.9 Å². The van der Waals surface area contributed by atoms with Crippen LogP contribution < -0.4 is 15.4 Å². The minimum atomic E-state index is -3.00. The van der Waals surface area contributed by atoms with E-state index in [2.05, 4.69) is 20.8 Å². The zero-order valence-corrected chi connectivity index (χ0v) is 16.4. The second-order valence-electron chi connectivity index (χ2n) is 5.68. The highest BCUT2D eigenvalue weighted by atomic mass is 32.2. The summed E-state index contributed by atoms with van der Waals surface area (Å²) in [6.45, 7) is 0. The summed E-state index contributed by atoms with van der Waals surface area (Å²) in [5.74, 6) is 0.912. The van der Waals surface area contributed by atoms with Gasteiger partial charge in [-0.15, -0.1) is 10.2 Å². The van der Waals surface area contributed by atoms with Gasteiger partial charge in [0.2, 0.25) is 11.0 Å². The minimum Gasteiger partial charge on any atom is -0.497 e. The maximum absolute atomic E-state index is 11.9. The predicted molar refractivity (Wildman–Crippen MR) is 102 cm³/mol. The van der Waals surface area contributed by atoms with Crippen LogP contribution in [0.4, 0.5) is 10.8 Å². The lowest BCUT2D eigenvalue weighted by molar-refractivity contribution is -0.119. The normalized spacial score (nSPS) is 18.4. The highest BCUT2D eigenvalue weighted by molar-refractivity contribution is 8.01. The van der Waals surface area contributed by atoms with E-state index in [4.69, 9.17) is 4.74 Å². The average molecular weight is 415 g/mol. The van der Waals surface area contributed by atoms with E-state index in [9.17, 15) is 13.2 Å². The number of aromatic nitrogens is 2. The molecule has 1 saturated heterocycles. The highest BCUT2D eigenvalue weighted by Gasteiger charge is 2.28. The first kappa shape index (κ1) is 18.9. The molecule has 0 unspecified atom stereocenters. The number of rotatable bonds is 7. The van der Waals surface area contributed by atoms with Gasteiger partial charge < -0.3 is 15.4 Å². The highest BCUT2D eigenvalue weighted by Crippen LogP contribution is 2.28. The van der Waals surface area contributed by atoms with Crippen LogP contribution in [0.25, 0.3) is 0 Å². The number of amides is 1. The second-order valence-corrected chi connectivity index (χ2v) is 10.1. The summed E-state index contributed by atoms with van der Waals surface area (Å²) in [7, 11) is -1.39. The number of nitrogens with zero attached hydrogens (tertiary/aromatic N) is 2. The van der Waals surface area contributed by atoms with E-state index < -0.39 is 9.84 Å². The summed E-state index contributed by atoms with van der Waals surface area (Å²) in [4.78, 5) is 11.9. The van der Waals surface area contributed by atoms with Crippen LogP contribution in [0.1, 0.15) is 6.42 Å². The summed E-state index contributed by atoms with van der Waals surface area (Å²) in [6, 6.07) is 7.14. The quantitative estimate of drug-likeness (QED) is 0.659. The second kappa shape index (κ2) is 8.23. The molecule has 0 spiro atoms. The molecular weight excluding hydrogens is 396 g/mol. The maximum Gasteiger partial charge on any atom is 0.230 e. The fraction of sp³-hybridized carbons (Fsp3) is 0.400. The molecule has 26 heavy (non-hydrogen) atoms. The molecule has 0 radical (unpaired) electrons. The predicted octanol–water partition coefficient (Wildman–Crippen LogP) is 1.69. The van der Waals surface area contributed by atoms with Gasteiger partial charge in [0.05, 0.1) is 24.4 Å². The number of sulfone groups is 1. The average Bonchev–Trinajstić information content (AvgIpc) is 3.19. The Kier molecular flexibility index (Phi) is 5.99. The van der Waals surface area contributed by atoms with Crippen LogP contribution >= 0.6 is 23.1 Å². The number of benzene rings is 1. The minimum absolute atomic E-state index is 0.0259. The standard InChI is InChI=1S/C15H18N4O4S3/c1-23-12-4-2-10(3-5-12)17-14-18-19-15(25-14)24-8-13(20)16-11-6-7-26(21,22)9-11/h2-5,11H,6-9H2,1H3,(H,16,20)(H,17,18)/t11-/m0/s1. The Balaban J connectivity index is 1.46. The molecule has 8 nitrogen and oxygen atoms in total. The summed E-state index contributed by atoms with van der Waals surface area (Å²) in [6.07, 6.45) is 0.480. The van der Waals surface area contributed by atoms with Gasteiger partial charge in [-0.25, -0.2) is 8.42 Å². The van der Waals surface area contributed by atoms with Gasteiger partial charge in [-0.2, -0.15) is 0 Å². The molecule has 0 aliphatic carbocycles. The number of thioether (sulfide) groups is 1. The van der Waals surface area contributed by atoms with Crippen LogP contribution in [-0.4, -0.2) is 54.9 Å². The van der Waals surface area contributed by atoms with Gasteiger partial charge in [0, 0.05) is 11.7 Å². The molecule has 1 amide bonds. The van der Waals surface area contributed by atoms with Crippen molar-refractivity contribution in [2.75, 3.05) is 29.7 Å². The summed E-state index contributed by atoms with van der Waals surface area (Å²) >= 11 is 2.62. The molecule has 2 aromatic rings. The number of methoxy groups -OCH3 is 1. The van der Waals surface area contributed by atoms with Crippen LogP contribution in [0.2, 0.25) is 0 Å². The Hall–Kier alpha value is -1.85. The number of anilines is 2. The maximum atomic E-state index is 11.9. The number of carbonyl (C=O) groups is 1. The van der Waals surface area contributed by atoms with Crippen molar-refractivity contribution in [2.24, 2.45) is 0 Å². The molecule has 2 heterocycles. The summed E-state index contributed by atoms with van der Waals surface area (Å²) in [5.41, 5.74) is 0.860. The third-order valence-electron chi connectivity index (χ3n) is 3.67. The van der Waals surface area contributed by atoms with E-state index >= 15 is 0 Å². The number of hydrogen-bond acceptors (Lipinski definition) is 9. The van der Waals surface area contributed by atoms with Crippen molar-refractivity contribution >= 4 is 49.7 Å². The molecule has 1 aliphatic rings. The monoisotopic (exact) mass is 414 g/mol. The number of carbonyl (C=O) groups excluding carboxylic acids is 1. The van der Waals surface area contributed by atoms with Gasteiger partial charge in [0.15, 0.2) is 14.2 Å². The lowest BCUT2D eigenvalue weighted by Gasteiger charge is -2.09. The first-order chi connectivity index (χ1) is 12.4. The molecule has 1 fully saturated rings. The fourth-order valence-electron chi connectivity index (χ4n) is 2.42. The van der Waals surface area contributed by atoms with E-state index in [1.165, 1.54) is 23.1 Å². The van der Waals surface area contributed by atoms with Crippen molar-refractivity contribution in [1.82, 2.24) is 15.5 Å². The third kappa shape index (κ3) is 5.32. The molecule has 0 saturated carbocycles. The smallest absolute Gasteiger partial charge is 0.230 e. The Morgan fingerprint density at radius 2 is 2.12 bits per heavy atom. The molecule has 1 aromatic heterocycles. The molecule has 2 N–H and O–H groups in total. The van der Waals surface area contributed by atoms with Gasteiger partial charge in [0.1, 0.15) is 5.75 Å². The van der Waals surface area contributed by atoms with E-state index in [1.807, 2.05) is 24.3 Å². The lowest BCUT2D eigenvalue weighted by Crippen LogP contribution is -2.36. The van der Waals surface area contributed by atoms with Gasteiger partial charge in [-0.05, 0) is 30.7 Å². The Labute approximate surface area is 159 Å². The van der Waals surface area contributed by atoms with Gasteiger partial charge in [-0.1, -0.05) is 23.1 Å². The Morgan fingerprint density at radius 3 is 2.77 bits per heavy atom. The van der Waals surface area contributed by atoms with E-state index in [0.717, 1.165) is 11.4 Å². The molecule has 3 rings (SSSR count). The number of nitrogens with one attached hydrogen (secondary N) is 2.